The van der Waals surface area contributed by atoms with E-state index in [0.29, 0.717) is 43.6 Å². The quantitative estimate of drug-likeness (QED) is 0.559. The predicted molar refractivity (Wildman–Crippen MR) is 130 cm³/mol. The first kappa shape index (κ1) is 27.2. The minimum absolute atomic E-state index is 0.0917. The molecule has 0 bridgehead atoms. The van der Waals surface area contributed by atoms with Gasteiger partial charge in [0.1, 0.15) is 12.6 Å². The van der Waals surface area contributed by atoms with Crippen LogP contribution in [0.3, 0.4) is 0 Å². The lowest BCUT2D eigenvalue weighted by Gasteiger charge is -2.31. The van der Waals surface area contributed by atoms with E-state index >= 15 is 0 Å². The monoisotopic (exact) mass is 552 g/mol. The van der Waals surface area contributed by atoms with E-state index < -0.39 is 54.8 Å². The van der Waals surface area contributed by atoms with Crippen molar-refractivity contribution in [2.45, 2.75) is 44.1 Å². The number of imide groups is 1. The summed E-state index contributed by atoms with van der Waals surface area (Å²) in [6.45, 7) is -0.501. The van der Waals surface area contributed by atoms with E-state index in [1.165, 1.54) is 37.4 Å². The highest BCUT2D eigenvalue weighted by Crippen LogP contribution is 2.46. The molecule has 2 aromatic rings. The van der Waals surface area contributed by atoms with Gasteiger partial charge >= 0.3 is 18.3 Å². The van der Waals surface area contributed by atoms with Crippen LogP contribution >= 0.6 is 11.6 Å². The van der Waals surface area contributed by atoms with Crippen LogP contribution in [0.5, 0.6) is 0 Å². The van der Waals surface area contributed by atoms with Gasteiger partial charge in [-0.15, -0.1) is 0 Å². The fourth-order valence-electron chi connectivity index (χ4n) is 4.55. The Morgan fingerprint density at radius 1 is 1.18 bits per heavy atom. The molecule has 1 heterocycles. The number of fused-ring (bicyclic) bond motifs is 2. The average Bonchev–Trinajstić information content (AvgIpc) is 3.34. The van der Waals surface area contributed by atoms with Crippen molar-refractivity contribution >= 4 is 41.2 Å². The zero-order chi connectivity index (χ0) is 27.8. The Morgan fingerprint density at radius 3 is 2.50 bits per heavy atom. The summed E-state index contributed by atoms with van der Waals surface area (Å²) in [5, 5.41) is 5.40. The van der Waals surface area contributed by atoms with Gasteiger partial charge in [-0.05, 0) is 48.7 Å². The summed E-state index contributed by atoms with van der Waals surface area (Å²) >= 11 is 5.85. The van der Waals surface area contributed by atoms with Gasteiger partial charge in [0.2, 0.25) is 11.5 Å². The summed E-state index contributed by atoms with van der Waals surface area (Å²) in [6, 6.07) is 8.03. The normalized spacial score (nSPS) is 19.3. The van der Waals surface area contributed by atoms with Crippen LogP contribution in [0.2, 0.25) is 5.02 Å². The number of carbonyl (C=O) groups is 4. The van der Waals surface area contributed by atoms with E-state index in [0.717, 1.165) is 6.92 Å². The molecule has 5 amide bonds. The highest BCUT2D eigenvalue weighted by atomic mass is 35.5. The largest absolute Gasteiger partial charge is 0.427 e. The predicted octanol–water partition coefficient (Wildman–Crippen LogP) is 4.19. The van der Waals surface area contributed by atoms with Gasteiger partial charge in [-0.25, -0.2) is 14.5 Å². The van der Waals surface area contributed by atoms with Gasteiger partial charge in [0.25, 0.3) is 5.91 Å². The molecule has 2 unspecified atom stereocenters. The Kier molecular flexibility index (Phi) is 7.29. The van der Waals surface area contributed by atoms with Crippen LogP contribution in [0.25, 0.3) is 0 Å². The molecule has 1 spiro atoms. The third kappa shape index (κ3) is 5.13. The molecule has 0 aromatic heterocycles. The molecule has 2 aliphatic rings. The number of nitrogens with zero attached hydrogens (tertiary/aromatic N) is 2. The summed E-state index contributed by atoms with van der Waals surface area (Å²) in [7, 11) is 1.45. The molecule has 1 fully saturated rings. The van der Waals surface area contributed by atoms with Gasteiger partial charge in [0.15, 0.2) is 0 Å². The molecule has 0 radical (unpaired) electrons. The van der Waals surface area contributed by atoms with Gasteiger partial charge in [-0.3, -0.25) is 9.59 Å². The number of hydrogen-bond acceptors (Lipinski definition) is 5. The Bertz CT molecular complexity index is 1290. The molecule has 2 N–H and O–H groups in total. The molecule has 1 saturated heterocycles. The second-order valence-corrected chi connectivity index (χ2v) is 9.46. The van der Waals surface area contributed by atoms with E-state index in [9.17, 15) is 32.3 Å². The zero-order valence-electron chi connectivity index (χ0n) is 20.4. The Balaban J connectivity index is 1.56. The Labute approximate surface area is 220 Å². The number of hydrogen-bond donors (Lipinski definition) is 2. The molecule has 2 atom stereocenters. The standard InChI is InChI=1S/C25H24ClF3N4O5/c1-14(25(27,28)29)32(12-15-3-5-17(26)6-4-15)20(34)13-33-21(35)24(38-23(33)37)10-9-16-11-18(7-8-19(16)24)31-22(36)30-2/h3-8,11,14H,9-10,12-13H2,1-2H3,(H2,30,31,36). The number of aryl methyl sites for hydroxylation is 1. The zero-order valence-corrected chi connectivity index (χ0v) is 21.2. The molecular weight excluding hydrogens is 529 g/mol. The number of benzene rings is 2. The lowest BCUT2D eigenvalue weighted by molar-refractivity contribution is -0.187. The summed E-state index contributed by atoms with van der Waals surface area (Å²) in [5.74, 6) is -1.90. The number of halogens is 4. The second-order valence-electron chi connectivity index (χ2n) is 9.03. The van der Waals surface area contributed by atoms with E-state index in [1.54, 1.807) is 12.1 Å². The molecule has 202 valence electrons. The number of alkyl halides is 3. The smallest absolute Gasteiger partial charge is 0.418 e. The number of anilines is 1. The minimum Gasteiger partial charge on any atom is -0.427 e. The maximum atomic E-state index is 13.6. The first-order valence-electron chi connectivity index (χ1n) is 11.6. The van der Waals surface area contributed by atoms with Crippen molar-refractivity contribution in [3.05, 3.63) is 64.2 Å². The first-order valence-corrected chi connectivity index (χ1v) is 12.0. The minimum atomic E-state index is -4.75. The molecule has 13 heteroatoms. The number of rotatable bonds is 6. The van der Waals surface area contributed by atoms with Crippen LogP contribution in [0.15, 0.2) is 42.5 Å². The van der Waals surface area contributed by atoms with E-state index in [1.807, 2.05) is 0 Å². The van der Waals surface area contributed by atoms with Crippen LogP contribution in [-0.4, -0.2) is 59.5 Å². The topological polar surface area (TPSA) is 108 Å². The first-order chi connectivity index (χ1) is 17.9. The van der Waals surface area contributed by atoms with Crippen LogP contribution in [0, 0.1) is 0 Å². The average molecular weight is 553 g/mol. The van der Waals surface area contributed by atoms with E-state index in [-0.39, 0.29) is 6.42 Å². The summed E-state index contributed by atoms with van der Waals surface area (Å²) in [6.07, 6.45) is -5.43. The summed E-state index contributed by atoms with van der Waals surface area (Å²) in [5.41, 5.74) is 0.215. The van der Waals surface area contributed by atoms with Crippen molar-refractivity contribution in [2.24, 2.45) is 0 Å². The van der Waals surface area contributed by atoms with E-state index in [2.05, 4.69) is 10.6 Å². The molecule has 38 heavy (non-hydrogen) atoms. The lowest BCUT2D eigenvalue weighted by atomic mass is 9.94. The molecule has 1 aliphatic carbocycles. The van der Waals surface area contributed by atoms with Crippen LogP contribution in [-0.2, 0) is 32.9 Å². The van der Waals surface area contributed by atoms with Gasteiger partial charge in [-0.1, -0.05) is 29.8 Å². The molecule has 4 rings (SSSR count). The highest BCUT2D eigenvalue weighted by Gasteiger charge is 2.58. The number of amides is 5. The SMILES string of the molecule is CNC(=O)Nc1ccc2c(c1)CCC21OC(=O)N(CC(=O)N(Cc2ccc(Cl)cc2)C(C)C(F)(F)F)C1=O. The molecule has 0 saturated carbocycles. The molecule has 2 aromatic carbocycles. The van der Waals surface area contributed by atoms with Crippen LogP contribution in [0.1, 0.15) is 30.0 Å². The van der Waals surface area contributed by atoms with Gasteiger partial charge in [0.05, 0.1) is 0 Å². The summed E-state index contributed by atoms with van der Waals surface area (Å²) in [4.78, 5) is 52.0. The molecule has 9 nitrogen and oxygen atoms in total. The Morgan fingerprint density at radius 2 is 1.87 bits per heavy atom. The van der Waals surface area contributed by atoms with Gasteiger partial charge in [0, 0.05) is 36.3 Å². The number of nitrogens with one attached hydrogen (secondary N) is 2. The maximum Gasteiger partial charge on any atom is 0.418 e. The number of carbonyl (C=O) groups excluding carboxylic acids is 4. The van der Waals surface area contributed by atoms with Crippen molar-refractivity contribution < 1.29 is 37.1 Å². The number of urea groups is 1. The fraction of sp³-hybridized carbons (Fsp3) is 0.360. The number of ether oxygens (including phenoxy) is 1. The van der Waals surface area contributed by atoms with Gasteiger partial charge < -0.3 is 20.3 Å². The third-order valence-corrected chi connectivity index (χ3v) is 6.92. The Hall–Kier alpha value is -3.80. The molecule has 1 aliphatic heterocycles. The lowest BCUT2D eigenvalue weighted by Crippen LogP contribution is -2.51. The fourth-order valence-corrected chi connectivity index (χ4v) is 4.68. The van der Waals surface area contributed by atoms with Gasteiger partial charge in [-0.2, -0.15) is 13.2 Å². The third-order valence-electron chi connectivity index (χ3n) is 6.67. The van der Waals surface area contributed by atoms with Crippen molar-refractivity contribution in [2.75, 3.05) is 18.9 Å². The highest BCUT2D eigenvalue weighted by molar-refractivity contribution is 6.30. The van der Waals surface area contributed by atoms with Crippen molar-refractivity contribution in [1.82, 2.24) is 15.1 Å². The van der Waals surface area contributed by atoms with E-state index in [4.69, 9.17) is 16.3 Å². The van der Waals surface area contributed by atoms with Crippen molar-refractivity contribution in [3.63, 3.8) is 0 Å². The second kappa shape index (κ2) is 10.2. The molecular formula is C25H24ClF3N4O5. The van der Waals surface area contributed by atoms with Crippen LogP contribution in [0.4, 0.5) is 28.4 Å². The van der Waals surface area contributed by atoms with Crippen molar-refractivity contribution in [1.29, 1.82) is 0 Å². The summed E-state index contributed by atoms with van der Waals surface area (Å²) < 4.78 is 46.3. The van der Waals surface area contributed by atoms with Crippen molar-refractivity contribution in [3.8, 4) is 0 Å². The maximum absolute atomic E-state index is 13.6. The van der Waals surface area contributed by atoms with Crippen LogP contribution < -0.4 is 10.6 Å².